The van der Waals surface area contributed by atoms with E-state index in [9.17, 15) is 8.42 Å². The van der Waals surface area contributed by atoms with Crippen LogP contribution in [0.2, 0.25) is 0 Å². The fourth-order valence-electron chi connectivity index (χ4n) is 1.53. The largest absolute Gasteiger partial charge is 0.380 e. The average Bonchev–Trinajstić information content (AvgIpc) is 2.29. The van der Waals surface area contributed by atoms with E-state index >= 15 is 0 Å². The Morgan fingerprint density at radius 1 is 1.43 bits per heavy atom. The first-order chi connectivity index (χ1) is 6.46. The van der Waals surface area contributed by atoms with Gasteiger partial charge in [-0.2, -0.15) is 4.31 Å². The minimum absolute atomic E-state index is 0.0371. The van der Waals surface area contributed by atoms with Crippen LogP contribution in [-0.2, 0) is 14.8 Å². The van der Waals surface area contributed by atoms with Crippen LogP contribution in [0.4, 0.5) is 0 Å². The predicted molar refractivity (Wildman–Crippen MR) is 55.7 cm³/mol. The first-order valence-electron chi connectivity index (χ1n) is 5.04. The molecule has 1 fully saturated rings. The van der Waals surface area contributed by atoms with E-state index in [0.29, 0.717) is 19.8 Å². The molecule has 1 aliphatic heterocycles. The molecule has 0 saturated carbocycles. The standard InChI is InChI=1S/C9H19NO3S/c1-8(2)14(11,12)10-5-4-6-13-7-9(10)3/h8-9H,4-7H2,1-3H3. The average molecular weight is 221 g/mol. The summed E-state index contributed by atoms with van der Waals surface area (Å²) in [4.78, 5) is 0. The number of hydrogen-bond acceptors (Lipinski definition) is 3. The molecule has 0 N–H and O–H groups in total. The number of hydrogen-bond donors (Lipinski definition) is 0. The molecule has 0 aromatic carbocycles. The molecule has 14 heavy (non-hydrogen) atoms. The molecular formula is C9H19NO3S. The summed E-state index contributed by atoms with van der Waals surface area (Å²) in [6.45, 7) is 7.08. The third-order valence-electron chi connectivity index (χ3n) is 2.44. The lowest BCUT2D eigenvalue weighted by molar-refractivity contribution is 0.125. The van der Waals surface area contributed by atoms with Crippen LogP contribution in [0.15, 0.2) is 0 Å². The van der Waals surface area contributed by atoms with Crippen molar-refractivity contribution in [3.05, 3.63) is 0 Å². The number of rotatable bonds is 2. The van der Waals surface area contributed by atoms with Gasteiger partial charge in [-0.3, -0.25) is 0 Å². The van der Waals surface area contributed by atoms with Gasteiger partial charge in [0.05, 0.1) is 11.9 Å². The highest BCUT2D eigenvalue weighted by atomic mass is 32.2. The van der Waals surface area contributed by atoms with Crippen LogP contribution in [0, 0.1) is 0 Å². The molecule has 0 bridgehead atoms. The van der Waals surface area contributed by atoms with Crippen molar-refractivity contribution >= 4 is 10.0 Å². The molecule has 0 spiro atoms. The SMILES string of the molecule is CC1COCCCN1S(=O)(=O)C(C)C. The van der Waals surface area contributed by atoms with Gasteiger partial charge in [0, 0.05) is 19.2 Å². The van der Waals surface area contributed by atoms with Gasteiger partial charge in [0.25, 0.3) is 0 Å². The molecule has 0 aromatic heterocycles. The third-order valence-corrected chi connectivity index (χ3v) is 4.83. The second-order valence-electron chi connectivity index (χ2n) is 3.98. The molecule has 5 heteroatoms. The molecule has 1 heterocycles. The van der Waals surface area contributed by atoms with Crippen LogP contribution in [-0.4, -0.2) is 43.8 Å². The highest BCUT2D eigenvalue weighted by molar-refractivity contribution is 7.89. The van der Waals surface area contributed by atoms with Gasteiger partial charge in [-0.25, -0.2) is 8.42 Å². The zero-order chi connectivity index (χ0) is 10.8. The molecule has 1 rings (SSSR count). The minimum atomic E-state index is -3.12. The van der Waals surface area contributed by atoms with Crippen molar-refractivity contribution < 1.29 is 13.2 Å². The van der Waals surface area contributed by atoms with Gasteiger partial charge in [0.15, 0.2) is 0 Å². The zero-order valence-electron chi connectivity index (χ0n) is 9.06. The molecule has 84 valence electrons. The lowest BCUT2D eigenvalue weighted by Crippen LogP contribution is -2.43. The minimum Gasteiger partial charge on any atom is -0.380 e. The summed E-state index contributed by atoms with van der Waals surface area (Å²) in [6.07, 6.45) is 0.788. The molecule has 1 aliphatic rings. The van der Waals surface area contributed by atoms with Crippen LogP contribution in [0.25, 0.3) is 0 Å². The van der Waals surface area contributed by atoms with Crippen LogP contribution in [0.5, 0.6) is 0 Å². The summed E-state index contributed by atoms with van der Waals surface area (Å²) in [6, 6.07) is -0.0371. The number of nitrogens with zero attached hydrogens (tertiary/aromatic N) is 1. The maximum atomic E-state index is 11.9. The van der Waals surface area contributed by atoms with E-state index < -0.39 is 10.0 Å². The first-order valence-corrected chi connectivity index (χ1v) is 6.55. The van der Waals surface area contributed by atoms with Crippen molar-refractivity contribution in [3.8, 4) is 0 Å². The highest BCUT2D eigenvalue weighted by Crippen LogP contribution is 2.16. The Hall–Kier alpha value is -0.130. The van der Waals surface area contributed by atoms with Gasteiger partial charge in [0.2, 0.25) is 10.0 Å². The topological polar surface area (TPSA) is 46.6 Å². The Morgan fingerprint density at radius 3 is 2.64 bits per heavy atom. The van der Waals surface area contributed by atoms with Gasteiger partial charge in [-0.05, 0) is 27.2 Å². The lowest BCUT2D eigenvalue weighted by Gasteiger charge is -2.27. The Balaban J connectivity index is 2.83. The second kappa shape index (κ2) is 4.59. The fraction of sp³-hybridized carbons (Fsp3) is 1.00. The molecule has 0 aliphatic carbocycles. The molecule has 0 amide bonds. The predicted octanol–water partition coefficient (Wildman–Crippen LogP) is 0.835. The molecule has 4 nitrogen and oxygen atoms in total. The summed E-state index contributed by atoms with van der Waals surface area (Å²) in [7, 11) is -3.12. The van der Waals surface area contributed by atoms with Crippen LogP contribution >= 0.6 is 0 Å². The van der Waals surface area contributed by atoms with Crippen molar-refractivity contribution in [1.29, 1.82) is 0 Å². The summed E-state index contributed by atoms with van der Waals surface area (Å²) in [5.74, 6) is 0. The highest BCUT2D eigenvalue weighted by Gasteiger charge is 2.30. The van der Waals surface area contributed by atoms with Crippen molar-refractivity contribution in [3.63, 3.8) is 0 Å². The molecular weight excluding hydrogens is 202 g/mol. The summed E-state index contributed by atoms with van der Waals surface area (Å²) < 4.78 is 30.7. The number of sulfonamides is 1. The second-order valence-corrected chi connectivity index (χ2v) is 6.42. The maximum Gasteiger partial charge on any atom is 0.216 e. The lowest BCUT2D eigenvalue weighted by atomic mass is 10.3. The van der Waals surface area contributed by atoms with Crippen molar-refractivity contribution in [2.45, 2.75) is 38.5 Å². The first kappa shape index (κ1) is 11.9. The van der Waals surface area contributed by atoms with Gasteiger partial charge in [-0.1, -0.05) is 0 Å². The van der Waals surface area contributed by atoms with E-state index in [1.807, 2.05) is 6.92 Å². The quantitative estimate of drug-likeness (QED) is 0.694. The Labute approximate surface area is 86.3 Å². The van der Waals surface area contributed by atoms with E-state index in [0.717, 1.165) is 6.42 Å². The molecule has 0 aromatic rings. The molecule has 1 saturated heterocycles. The monoisotopic (exact) mass is 221 g/mol. The normalized spacial score (nSPS) is 26.4. The van der Waals surface area contributed by atoms with Crippen molar-refractivity contribution in [1.82, 2.24) is 4.31 Å². The van der Waals surface area contributed by atoms with Crippen LogP contribution in [0.3, 0.4) is 0 Å². The van der Waals surface area contributed by atoms with Crippen LogP contribution < -0.4 is 0 Å². The Morgan fingerprint density at radius 2 is 2.07 bits per heavy atom. The summed E-state index contributed by atoms with van der Waals surface area (Å²) in [5.41, 5.74) is 0. The third kappa shape index (κ3) is 2.46. The van der Waals surface area contributed by atoms with E-state index in [1.54, 1.807) is 18.2 Å². The van der Waals surface area contributed by atoms with Gasteiger partial charge < -0.3 is 4.74 Å². The fourth-order valence-corrected chi connectivity index (χ4v) is 3.02. The smallest absolute Gasteiger partial charge is 0.216 e. The van der Waals surface area contributed by atoms with E-state index in [-0.39, 0.29) is 11.3 Å². The van der Waals surface area contributed by atoms with Gasteiger partial charge in [0.1, 0.15) is 0 Å². The van der Waals surface area contributed by atoms with E-state index in [1.165, 1.54) is 0 Å². The van der Waals surface area contributed by atoms with Crippen molar-refractivity contribution in [2.24, 2.45) is 0 Å². The molecule has 1 atom stereocenters. The Kier molecular flexibility index (Phi) is 3.92. The zero-order valence-corrected chi connectivity index (χ0v) is 9.88. The summed E-state index contributed by atoms with van der Waals surface area (Å²) >= 11 is 0. The number of ether oxygens (including phenoxy) is 1. The molecule has 0 radical (unpaired) electrons. The van der Waals surface area contributed by atoms with Crippen molar-refractivity contribution in [2.75, 3.05) is 19.8 Å². The Bertz CT molecular complexity index is 274. The maximum absolute atomic E-state index is 11.9. The summed E-state index contributed by atoms with van der Waals surface area (Å²) in [5, 5.41) is -0.344. The van der Waals surface area contributed by atoms with E-state index in [4.69, 9.17) is 4.74 Å². The van der Waals surface area contributed by atoms with E-state index in [2.05, 4.69) is 0 Å². The van der Waals surface area contributed by atoms with Crippen LogP contribution in [0.1, 0.15) is 27.2 Å². The molecule has 1 unspecified atom stereocenters. The van der Waals surface area contributed by atoms with Gasteiger partial charge >= 0.3 is 0 Å². The van der Waals surface area contributed by atoms with Gasteiger partial charge in [-0.15, -0.1) is 0 Å².